The quantitative estimate of drug-likeness (QED) is 0.539. The standard InChI is InChI=1S/C20H13F3N4O3S/c21-20(22,23)19(26-15(28)11-7-3-1-4-8-11)13-14(24-17(19)30)27(18(31)25-16(13)29)12-9-5-2-6-10-12/h1-10H,(H,24,30)(H,26,28)(H,25,29,31). The van der Waals surface area contributed by atoms with Crippen molar-refractivity contribution in [3.05, 3.63) is 86.9 Å². The van der Waals surface area contributed by atoms with E-state index >= 15 is 0 Å². The van der Waals surface area contributed by atoms with Crippen molar-refractivity contribution in [3.63, 3.8) is 0 Å². The number of rotatable bonds is 3. The Bertz CT molecular complexity index is 1300. The molecule has 0 spiro atoms. The van der Waals surface area contributed by atoms with Crippen LogP contribution >= 0.6 is 12.2 Å². The Balaban J connectivity index is 1.99. The van der Waals surface area contributed by atoms with Gasteiger partial charge in [0.2, 0.25) is 0 Å². The number of para-hydroxylation sites is 1. The van der Waals surface area contributed by atoms with E-state index in [4.69, 9.17) is 12.2 Å². The lowest BCUT2D eigenvalue weighted by Gasteiger charge is -2.30. The predicted octanol–water partition coefficient (Wildman–Crippen LogP) is 3.03. The summed E-state index contributed by atoms with van der Waals surface area (Å²) in [6, 6.07) is 15.0. The molecule has 11 heteroatoms. The van der Waals surface area contributed by atoms with E-state index in [9.17, 15) is 27.6 Å². The van der Waals surface area contributed by atoms with Gasteiger partial charge in [0.1, 0.15) is 11.4 Å². The summed E-state index contributed by atoms with van der Waals surface area (Å²) in [7, 11) is 0. The van der Waals surface area contributed by atoms with Gasteiger partial charge in [-0.25, -0.2) is 0 Å². The van der Waals surface area contributed by atoms with Crippen molar-refractivity contribution in [2.75, 3.05) is 5.32 Å². The fourth-order valence-corrected chi connectivity index (χ4v) is 3.72. The highest BCUT2D eigenvalue weighted by molar-refractivity contribution is 7.71. The molecule has 4 rings (SSSR count). The number of amides is 2. The average molecular weight is 446 g/mol. The molecule has 0 aliphatic carbocycles. The number of benzene rings is 2. The van der Waals surface area contributed by atoms with Gasteiger partial charge in [-0.3, -0.25) is 23.9 Å². The number of alkyl halides is 3. The molecule has 2 aromatic carbocycles. The van der Waals surface area contributed by atoms with Crippen molar-refractivity contribution in [3.8, 4) is 5.69 Å². The van der Waals surface area contributed by atoms with Crippen LogP contribution in [0.4, 0.5) is 19.0 Å². The van der Waals surface area contributed by atoms with E-state index in [0.29, 0.717) is 5.69 Å². The molecule has 31 heavy (non-hydrogen) atoms. The highest BCUT2D eigenvalue weighted by Crippen LogP contribution is 2.45. The van der Waals surface area contributed by atoms with E-state index in [1.807, 2.05) is 0 Å². The maximum atomic E-state index is 14.4. The number of hydrogen-bond donors (Lipinski definition) is 3. The summed E-state index contributed by atoms with van der Waals surface area (Å²) >= 11 is 5.12. The molecule has 0 saturated carbocycles. The predicted molar refractivity (Wildman–Crippen MR) is 107 cm³/mol. The van der Waals surface area contributed by atoms with Gasteiger partial charge in [0, 0.05) is 11.3 Å². The van der Waals surface area contributed by atoms with E-state index in [-0.39, 0.29) is 10.3 Å². The summed E-state index contributed by atoms with van der Waals surface area (Å²) < 4.78 is 44.0. The SMILES string of the molecule is O=C(NC1(C(F)(F)F)C(=O)Nc2c1c(=O)[nH]c(=S)n2-c1ccccc1)c1ccccc1. The molecule has 0 fully saturated rings. The van der Waals surface area contributed by atoms with Crippen molar-refractivity contribution < 1.29 is 22.8 Å². The Morgan fingerprint density at radius 2 is 1.58 bits per heavy atom. The van der Waals surface area contributed by atoms with E-state index in [1.54, 1.807) is 29.6 Å². The molecule has 1 atom stereocenters. The number of nitrogens with zero attached hydrogens (tertiary/aromatic N) is 1. The van der Waals surface area contributed by atoms with Gasteiger partial charge in [0.05, 0.1) is 0 Å². The second-order valence-electron chi connectivity index (χ2n) is 6.68. The smallest absolute Gasteiger partial charge is 0.326 e. The number of aromatic nitrogens is 2. The van der Waals surface area contributed by atoms with Gasteiger partial charge in [-0.15, -0.1) is 0 Å². The third-order valence-corrected chi connectivity index (χ3v) is 5.12. The monoisotopic (exact) mass is 446 g/mol. The fraction of sp³-hybridized carbons (Fsp3) is 0.100. The van der Waals surface area contributed by atoms with Crippen LogP contribution in [0, 0.1) is 4.77 Å². The number of H-pyrrole nitrogens is 1. The van der Waals surface area contributed by atoms with Gasteiger partial charge < -0.3 is 10.6 Å². The molecule has 1 aliphatic rings. The largest absolute Gasteiger partial charge is 0.425 e. The van der Waals surface area contributed by atoms with Gasteiger partial charge in [-0.05, 0) is 36.5 Å². The Morgan fingerprint density at radius 3 is 2.16 bits per heavy atom. The Morgan fingerprint density at radius 1 is 1.00 bits per heavy atom. The molecule has 3 aromatic rings. The summed E-state index contributed by atoms with van der Waals surface area (Å²) in [5.41, 5.74) is -5.64. The Kier molecular flexibility index (Phi) is 4.77. The molecular weight excluding hydrogens is 433 g/mol. The van der Waals surface area contributed by atoms with E-state index in [2.05, 4.69) is 10.3 Å². The second-order valence-corrected chi connectivity index (χ2v) is 7.06. The average Bonchev–Trinajstić information content (AvgIpc) is 3.02. The van der Waals surface area contributed by atoms with Crippen LogP contribution in [0.1, 0.15) is 15.9 Å². The third kappa shape index (κ3) is 3.13. The van der Waals surface area contributed by atoms with Gasteiger partial charge in [-0.1, -0.05) is 36.4 Å². The van der Waals surface area contributed by atoms with Crippen LogP contribution < -0.4 is 16.2 Å². The van der Waals surface area contributed by atoms with Crippen LogP contribution in [0.3, 0.4) is 0 Å². The molecule has 3 N–H and O–H groups in total. The van der Waals surface area contributed by atoms with Gasteiger partial charge in [-0.2, -0.15) is 13.2 Å². The van der Waals surface area contributed by atoms with Crippen molar-refractivity contribution in [2.24, 2.45) is 0 Å². The number of anilines is 1. The zero-order valence-electron chi connectivity index (χ0n) is 15.5. The number of aromatic amines is 1. The lowest BCUT2D eigenvalue weighted by molar-refractivity contribution is -0.196. The summed E-state index contributed by atoms with van der Waals surface area (Å²) in [5, 5.41) is 3.85. The summed E-state index contributed by atoms with van der Waals surface area (Å²) in [6.45, 7) is 0. The molecule has 1 aromatic heterocycles. The van der Waals surface area contributed by atoms with Gasteiger partial charge in [0.25, 0.3) is 22.9 Å². The first kappa shape index (κ1) is 20.5. The van der Waals surface area contributed by atoms with E-state index in [0.717, 1.165) is 4.57 Å². The first-order valence-electron chi connectivity index (χ1n) is 8.88. The maximum absolute atomic E-state index is 14.4. The molecule has 0 bridgehead atoms. The zero-order valence-corrected chi connectivity index (χ0v) is 16.3. The maximum Gasteiger partial charge on any atom is 0.425 e. The molecule has 2 heterocycles. The first-order chi connectivity index (χ1) is 14.7. The summed E-state index contributed by atoms with van der Waals surface area (Å²) in [5.74, 6) is -3.25. The number of carbonyl (C=O) groups excluding carboxylic acids is 2. The molecule has 7 nitrogen and oxygen atoms in total. The summed E-state index contributed by atoms with van der Waals surface area (Å²) in [6.07, 6.45) is -5.34. The van der Waals surface area contributed by atoms with Crippen LogP contribution in [0.15, 0.2) is 65.5 Å². The number of hydrogen-bond acceptors (Lipinski definition) is 4. The minimum Gasteiger partial charge on any atom is -0.326 e. The van der Waals surface area contributed by atoms with Crippen molar-refractivity contribution in [1.29, 1.82) is 0 Å². The van der Waals surface area contributed by atoms with Crippen molar-refractivity contribution >= 4 is 29.9 Å². The number of carbonyl (C=O) groups is 2. The summed E-state index contributed by atoms with van der Waals surface area (Å²) in [4.78, 5) is 40.2. The second kappa shape index (κ2) is 7.20. The lowest BCUT2D eigenvalue weighted by Crippen LogP contribution is -2.61. The zero-order chi connectivity index (χ0) is 22.4. The molecule has 0 saturated heterocycles. The van der Waals surface area contributed by atoms with Crippen molar-refractivity contribution in [1.82, 2.24) is 14.9 Å². The van der Waals surface area contributed by atoms with Crippen LogP contribution in [0.25, 0.3) is 5.69 Å². The van der Waals surface area contributed by atoms with Gasteiger partial charge >= 0.3 is 6.18 Å². The Labute approximate surface area is 177 Å². The minimum atomic E-state index is -5.34. The van der Waals surface area contributed by atoms with E-state index < -0.39 is 40.5 Å². The van der Waals surface area contributed by atoms with Gasteiger partial charge in [0.15, 0.2) is 4.77 Å². The van der Waals surface area contributed by atoms with Crippen molar-refractivity contribution in [2.45, 2.75) is 11.7 Å². The van der Waals surface area contributed by atoms with Crippen LogP contribution in [0.5, 0.6) is 0 Å². The van der Waals surface area contributed by atoms with Crippen LogP contribution in [-0.4, -0.2) is 27.5 Å². The molecule has 2 amide bonds. The van der Waals surface area contributed by atoms with E-state index in [1.165, 1.54) is 36.4 Å². The molecule has 1 aliphatic heterocycles. The first-order valence-corrected chi connectivity index (χ1v) is 9.28. The highest BCUT2D eigenvalue weighted by Gasteiger charge is 2.68. The number of fused-ring (bicyclic) bond motifs is 1. The lowest BCUT2D eigenvalue weighted by atomic mass is 9.91. The molecule has 158 valence electrons. The topological polar surface area (TPSA) is 96.0 Å². The Hall–Kier alpha value is -3.73. The third-order valence-electron chi connectivity index (χ3n) is 4.84. The highest BCUT2D eigenvalue weighted by atomic mass is 32.1. The molecule has 1 unspecified atom stereocenters. The molecule has 0 radical (unpaired) electrons. The number of halogens is 3. The minimum absolute atomic E-state index is 0.111. The van der Waals surface area contributed by atoms with Crippen LogP contribution in [0.2, 0.25) is 0 Å². The van der Waals surface area contributed by atoms with Crippen LogP contribution in [-0.2, 0) is 10.3 Å². The number of nitrogens with one attached hydrogen (secondary N) is 3. The fourth-order valence-electron chi connectivity index (χ4n) is 3.43. The normalized spacial score (nSPS) is 17.7. The molecular formula is C20H13F3N4O3S.